The highest BCUT2D eigenvalue weighted by Crippen LogP contribution is 2.34. The highest BCUT2D eigenvalue weighted by Gasteiger charge is 2.21. The average Bonchev–Trinajstić information content (AvgIpc) is 3.36. The number of nitrogens with zero attached hydrogens (tertiary/aromatic N) is 4. The summed E-state index contributed by atoms with van der Waals surface area (Å²) in [6, 6.07) is 24.9. The van der Waals surface area contributed by atoms with Crippen LogP contribution in [-0.4, -0.2) is 27.2 Å². The van der Waals surface area contributed by atoms with Crippen molar-refractivity contribution in [2.75, 3.05) is 6.61 Å². The minimum atomic E-state index is -0.542. The third-order valence-corrected chi connectivity index (χ3v) is 5.80. The number of nitro groups is 1. The van der Waals surface area contributed by atoms with Crippen molar-refractivity contribution >= 4 is 17.7 Å². The summed E-state index contributed by atoms with van der Waals surface area (Å²) in [5.41, 5.74) is 2.58. The molecular weight excluding hydrogens is 482 g/mol. The molecule has 0 radical (unpaired) electrons. The Bertz CT molecular complexity index is 1520. The normalized spacial score (nSPS) is 11.9. The van der Waals surface area contributed by atoms with Gasteiger partial charge in [-0.25, -0.2) is 4.68 Å². The number of carbonyl (C=O) groups is 1. The van der Waals surface area contributed by atoms with Crippen molar-refractivity contribution in [3.05, 3.63) is 112 Å². The van der Waals surface area contributed by atoms with Crippen LogP contribution in [0.25, 0.3) is 23.0 Å². The van der Waals surface area contributed by atoms with Gasteiger partial charge in [-0.1, -0.05) is 48.5 Å². The fourth-order valence-electron chi connectivity index (χ4n) is 3.92. The van der Waals surface area contributed by atoms with Gasteiger partial charge >= 0.3 is 5.69 Å². The molecule has 1 aromatic heterocycles. The van der Waals surface area contributed by atoms with Crippen molar-refractivity contribution in [3.8, 4) is 28.8 Å². The van der Waals surface area contributed by atoms with Gasteiger partial charge < -0.3 is 10.1 Å². The summed E-state index contributed by atoms with van der Waals surface area (Å²) in [6.45, 7) is 3.86. The topological polar surface area (TPSA) is 123 Å². The molecule has 0 unspecified atom stereocenters. The predicted octanol–water partition coefficient (Wildman–Crippen LogP) is 5.63. The molecule has 1 atom stereocenters. The zero-order valence-electron chi connectivity index (χ0n) is 20.9. The van der Waals surface area contributed by atoms with Crippen LogP contribution in [-0.2, 0) is 4.79 Å². The van der Waals surface area contributed by atoms with Gasteiger partial charge in [-0.2, -0.15) is 10.4 Å². The Morgan fingerprint density at radius 1 is 1.16 bits per heavy atom. The molecule has 0 saturated carbocycles. The minimum absolute atomic E-state index is 0.123. The van der Waals surface area contributed by atoms with Crippen molar-refractivity contribution < 1.29 is 14.5 Å². The van der Waals surface area contributed by atoms with E-state index in [0.717, 1.165) is 11.3 Å². The molecule has 190 valence electrons. The Kier molecular flexibility index (Phi) is 7.94. The lowest BCUT2D eigenvalue weighted by molar-refractivity contribution is -0.385. The smallest absolute Gasteiger partial charge is 0.311 e. The molecule has 38 heavy (non-hydrogen) atoms. The number of rotatable bonds is 9. The molecule has 0 saturated heterocycles. The van der Waals surface area contributed by atoms with E-state index in [4.69, 9.17) is 4.74 Å². The van der Waals surface area contributed by atoms with Gasteiger partial charge in [0.2, 0.25) is 0 Å². The molecule has 9 heteroatoms. The molecule has 4 rings (SSSR count). The largest absolute Gasteiger partial charge is 0.487 e. The van der Waals surface area contributed by atoms with Crippen LogP contribution in [0.15, 0.2) is 90.6 Å². The number of ether oxygens (including phenoxy) is 1. The first kappa shape index (κ1) is 25.9. The van der Waals surface area contributed by atoms with Gasteiger partial charge in [-0.15, -0.1) is 0 Å². The van der Waals surface area contributed by atoms with Crippen molar-refractivity contribution in [1.82, 2.24) is 15.1 Å². The number of para-hydroxylation sites is 1. The number of amides is 1. The van der Waals surface area contributed by atoms with Crippen LogP contribution >= 0.6 is 0 Å². The third-order valence-electron chi connectivity index (χ3n) is 5.80. The summed E-state index contributed by atoms with van der Waals surface area (Å²) < 4.78 is 7.01. The zero-order valence-corrected chi connectivity index (χ0v) is 20.9. The van der Waals surface area contributed by atoms with Gasteiger partial charge in [0.05, 0.1) is 23.3 Å². The number of nitro benzene ring substituents is 1. The Morgan fingerprint density at radius 2 is 1.84 bits per heavy atom. The van der Waals surface area contributed by atoms with Gasteiger partial charge in [0.15, 0.2) is 5.75 Å². The number of aromatic nitrogens is 2. The van der Waals surface area contributed by atoms with Gasteiger partial charge in [-0.05, 0) is 49.8 Å². The molecule has 0 bridgehead atoms. The van der Waals surface area contributed by atoms with Crippen LogP contribution in [0, 0.1) is 21.4 Å². The highest BCUT2D eigenvalue weighted by atomic mass is 16.6. The quantitative estimate of drug-likeness (QED) is 0.136. The number of benzene rings is 3. The second-order valence-corrected chi connectivity index (χ2v) is 8.36. The molecule has 0 fully saturated rings. The molecule has 1 N–H and O–H groups in total. The summed E-state index contributed by atoms with van der Waals surface area (Å²) in [6.07, 6.45) is 3.12. The Labute approximate surface area is 219 Å². The Morgan fingerprint density at radius 3 is 2.47 bits per heavy atom. The SMILES string of the molecule is CCOc1ccc(-c2nn(-c3ccccc3)cc2/C=C(\C#N)C(=O)N[C@@H](C)c2ccccc2)cc1[N+](=O)[O-]. The number of hydrogen-bond donors (Lipinski definition) is 1. The van der Waals surface area contributed by atoms with Crippen LogP contribution in [0.3, 0.4) is 0 Å². The third kappa shape index (κ3) is 5.77. The average molecular weight is 508 g/mol. The van der Waals surface area contributed by atoms with Gasteiger partial charge in [-0.3, -0.25) is 14.9 Å². The lowest BCUT2D eigenvalue weighted by Gasteiger charge is -2.13. The van der Waals surface area contributed by atoms with Crippen molar-refractivity contribution in [1.29, 1.82) is 5.26 Å². The summed E-state index contributed by atoms with van der Waals surface area (Å²) >= 11 is 0. The number of nitriles is 1. The van der Waals surface area contributed by atoms with E-state index in [1.807, 2.05) is 73.7 Å². The maximum atomic E-state index is 13.0. The first-order valence-corrected chi connectivity index (χ1v) is 12.0. The van der Waals surface area contributed by atoms with E-state index in [1.54, 1.807) is 23.9 Å². The van der Waals surface area contributed by atoms with E-state index in [2.05, 4.69) is 10.4 Å². The number of nitrogens with one attached hydrogen (secondary N) is 1. The fraction of sp³-hybridized carbons (Fsp3) is 0.138. The Balaban J connectivity index is 1.77. The first-order valence-electron chi connectivity index (χ1n) is 12.0. The molecule has 0 aliphatic carbocycles. The lowest BCUT2D eigenvalue weighted by atomic mass is 10.0. The van der Waals surface area contributed by atoms with Crippen molar-refractivity contribution in [2.24, 2.45) is 0 Å². The van der Waals surface area contributed by atoms with E-state index < -0.39 is 10.8 Å². The molecule has 0 spiro atoms. The molecule has 0 aliphatic rings. The molecule has 4 aromatic rings. The second-order valence-electron chi connectivity index (χ2n) is 8.36. The van der Waals surface area contributed by atoms with E-state index in [1.165, 1.54) is 18.2 Å². The predicted molar refractivity (Wildman–Crippen MR) is 143 cm³/mol. The molecular formula is C29H25N5O4. The number of carbonyl (C=O) groups excluding carboxylic acids is 1. The van der Waals surface area contributed by atoms with Crippen molar-refractivity contribution in [3.63, 3.8) is 0 Å². The molecule has 0 aliphatic heterocycles. The maximum absolute atomic E-state index is 13.0. The van der Waals surface area contributed by atoms with Gasteiger partial charge in [0, 0.05) is 23.4 Å². The summed E-state index contributed by atoms with van der Waals surface area (Å²) in [5, 5.41) is 29.0. The zero-order chi connectivity index (χ0) is 27.1. The van der Waals surface area contributed by atoms with Crippen LogP contribution in [0.1, 0.15) is 31.0 Å². The monoisotopic (exact) mass is 507 g/mol. The molecule has 1 heterocycles. The second kappa shape index (κ2) is 11.7. The van der Waals surface area contributed by atoms with Gasteiger partial charge in [0.1, 0.15) is 17.3 Å². The van der Waals surface area contributed by atoms with Crippen LogP contribution in [0.2, 0.25) is 0 Å². The van der Waals surface area contributed by atoms with Crippen LogP contribution in [0.5, 0.6) is 5.75 Å². The summed E-state index contributed by atoms with van der Waals surface area (Å²) in [4.78, 5) is 24.2. The van der Waals surface area contributed by atoms with E-state index in [0.29, 0.717) is 16.8 Å². The maximum Gasteiger partial charge on any atom is 0.311 e. The molecule has 1 amide bonds. The van der Waals surface area contributed by atoms with Crippen molar-refractivity contribution in [2.45, 2.75) is 19.9 Å². The molecule has 9 nitrogen and oxygen atoms in total. The van der Waals surface area contributed by atoms with Gasteiger partial charge in [0.25, 0.3) is 5.91 Å². The fourth-order valence-corrected chi connectivity index (χ4v) is 3.92. The van der Waals surface area contributed by atoms with Crippen LogP contribution in [0.4, 0.5) is 5.69 Å². The molecule has 3 aromatic carbocycles. The lowest BCUT2D eigenvalue weighted by Crippen LogP contribution is -2.27. The first-order chi connectivity index (χ1) is 18.4. The highest BCUT2D eigenvalue weighted by molar-refractivity contribution is 6.02. The van der Waals surface area contributed by atoms with E-state index in [-0.39, 0.29) is 29.7 Å². The van der Waals surface area contributed by atoms with E-state index >= 15 is 0 Å². The standard InChI is InChI=1S/C29H25N5O4/c1-3-38-27-15-14-22(17-26(27)34(36)37)28-24(19-33(32-28)25-12-8-5-9-13-25)16-23(18-30)29(35)31-20(2)21-10-6-4-7-11-21/h4-17,19-20H,3H2,1-2H3,(H,31,35)/b23-16+/t20-/m0/s1. The number of hydrogen-bond acceptors (Lipinski definition) is 6. The van der Waals surface area contributed by atoms with Crippen LogP contribution < -0.4 is 10.1 Å². The minimum Gasteiger partial charge on any atom is -0.487 e. The summed E-state index contributed by atoms with van der Waals surface area (Å²) in [5.74, 6) is -0.396. The summed E-state index contributed by atoms with van der Waals surface area (Å²) in [7, 11) is 0. The Hall–Kier alpha value is -5.23. The van der Waals surface area contributed by atoms with E-state index in [9.17, 15) is 20.2 Å².